The molecule has 1 fully saturated rings. The van der Waals surface area contributed by atoms with Gasteiger partial charge in [-0.15, -0.1) is 0 Å². The third kappa shape index (κ3) is 2.45. The molecule has 1 aliphatic rings. The van der Waals surface area contributed by atoms with E-state index < -0.39 is 11.4 Å². The Balaban J connectivity index is 2.25. The summed E-state index contributed by atoms with van der Waals surface area (Å²) in [5.41, 5.74) is -0.342. The number of rotatable bonds is 3. The number of methoxy groups -OCH3 is 1. The van der Waals surface area contributed by atoms with Crippen molar-refractivity contribution in [2.45, 2.75) is 25.9 Å². The van der Waals surface area contributed by atoms with Crippen molar-refractivity contribution in [3.63, 3.8) is 0 Å². The highest BCUT2D eigenvalue weighted by molar-refractivity contribution is 5.97. The summed E-state index contributed by atoms with van der Waals surface area (Å²) in [5, 5.41) is 2.54. The number of carbonyl (C=O) groups is 2. The van der Waals surface area contributed by atoms with E-state index >= 15 is 0 Å². The summed E-state index contributed by atoms with van der Waals surface area (Å²) in [6.07, 6.45) is 0. The fraction of sp³-hybridized carbons (Fsp3) is 0.429. The third-order valence-corrected chi connectivity index (χ3v) is 3.49. The lowest BCUT2D eigenvalue weighted by molar-refractivity contribution is -0.152. The van der Waals surface area contributed by atoms with Crippen LogP contribution >= 0.6 is 0 Å². The smallest absolute Gasteiger partial charge is 0.245 e. The molecule has 0 aliphatic carbocycles. The Morgan fingerprint density at radius 3 is 2.70 bits per heavy atom. The van der Waals surface area contributed by atoms with Crippen LogP contribution in [-0.2, 0) is 16.1 Å². The second-order valence-electron chi connectivity index (χ2n) is 5.19. The molecule has 1 N–H and O–H groups in total. The lowest BCUT2D eigenvalue weighted by Gasteiger charge is -2.41. The molecule has 6 heteroatoms. The minimum absolute atomic E-state index is 0.0269. The van der Waals surface area contributed by atoms with Crippen LogP contribution in [0.3, 0.4) is 0 Å². The van der Waals surface area contributed by atoms with E-state index in [-0.39, 0.29) is 30.7 Å². The predicted molar refractivity (Wildman–Crippen MR) is 70.6 cm³/mol. The summed E-state index contributed by atoms with van der Waals surface area (Å²) in [7, 11) is 1.39. The van der Waals surface area contributed by atoms with Crippen molar-refractivity contribution < 1.29 is 18.7 Å². The van der Waals surface area contributed by atoms with E-state index in [0.29, 0.717) is 5.56 Å². The van der Waals surface area contributed by atoms with E-state index in [9.17, 15) is 14.0 Å². The van der Waals surface area contributed by atoms with Crippen LogP contribution in [0.1, 0.15) is 19.4 Å². The van der Waals surface area contributed by atoms with Crippen LogP contribution in [-0.4, -0.2) is 35.9 Å². The molecule has 0 radical (unpaired) electrons. The predicted octanol–water partition coefficient (Wildman–Crippen LogP) is 1.07. The van der Waals surface area contributed by atoms with Crippen molar-refractivity contribution in [1.82, 2.24) is 10.2 Å². The number of piperazine rings is 1. The Morgan fingerprint density at radius 1 is 1.40 bits per heavy atom. The van der Waals surface area contributed by atoms with Crippen LogP contribution in [0.4, 0.5) is 4.39 Å². The highest BCUT2D eigenvalue weighted by Gasteiger charge is 2.41. The molecule has 0 saturated carbocycles. The second kappa shape index (κ2) is 5.11. The van der Waals surface area contributed by atoms with Gasteiger partial charge in [-0.2, -0.15) is 0 Å². The molecule has 0 aromatic heterocycles. The summed E-state index contributed by atoms with van der Waals surface area (Å²) in [5.74, 6) is -0.746. The van der Waals surface area contributed by atoms with Crippen LogP contribution in [0, 0.1) is 5.82 Å². The molecular formula is C14H17FN2O3. The maximum atomic E-state index is 13.7. The normalized spacial score (nSPS) is 17.9. The SMILES string of the molecule is COc1ccc(CN2C(=O)CNC(=O)C2(C)C)cc1F. The van der Waals surface area contributed by atoms with Gasteiger partial charge in [0.25, 0.3) is 0 Å². The molecule has 1 aromatic carbocycles. The van der Waals surface area contributed by atoms with Gasteiger partial charge >= 0.3 is 0 Å². The van der Waals surface area contributed by atoms with Gasteiger partial charge in [0.15, 0.2) is 11.6 Å². The van der Waals surface area contributed by atoms with Gasteiger partial charge in [0.1, 0.15) is 5.54 Å². The summed E-state index contributed by atoms with van der Waals surface area (Å²) in [4.78, 5) is 25.2. The molecule has 1 aromatic rings. The molecule has 0 spiro atoms. The first kappa shape index (κ1) is 14.3. The highest BCUT2D eigenvalue weighted by atomic mass is 19.1. The van der Waals surface area contributed by atoms with E-state index in [4.69, 9.17) is 4.74 Å². The topological polar surface area (TPSA) is 58.6 Å². The number of ether oxygens (including phenoxy) is 1. The Labute approximate surface area is 116 Å². The zero-order valence-electron chi connectivity index (χ0n) is 11.7. The van der Waals surface area contributed by atoms with E-state index in [1.807, 2.05) is 0 Å². The Kier molecular flexibility index (Phi) is 3.65. The maximum Gasteiger partial charge on any atom is 0.245 e. The van der Waals surface area contributed by atoms with Crippen molar-refractivity contribution in [2.24, 2.45) is 0 Å². The highest BCUT2D eigenvalue weighted by Crippen LogP contribution is 2.24. The Hall–Kier alpha value is -2.11. The molecule has 1 aliphatic heterocycles. The zero-order valence-corrected chi connectivity index (χ0v) is 11.7. The first-order chi connectivity index (χ1) is 9.36. The number of halogens is 1. The summed E-state index contributed by atoms with van der Waals surface area (Å²) < 4.78 is 18.5. The number of hydrogen-bond donors (Lipinski definition) is 1. The molecule has 0 unspecified atom stereocenters. The first-order valence-corrected chi connectivity index (χ1v) is 6.27. The van der Waals surface area contributed by atoms with Crippen molar-refractivity contribution in [3.05, 3.63) is 29.6 Å². The molecule has 0 atom stereocenters. The molecule has 2 rings (SSSR count). The summed E-state index contributed by atoms with van der Waals surface area (Å²) in [6.45, 7) is 3.49. The number of amides is 2. The minimum Gasteiger partial charge on any atom is -0.494 e. The van der Waals surface area contributed by atoms with Gasteiger partial charge in [-0.05, 0) is 31.5 Å². The number of nitrogens with zero attached hydrogens (tertiary/aromatic N) is 1. The molecule has 1 heterocycles. The zero-order chi connectivity index (χ0) is 14.9. The third-order valence-electron chi connectivity index (χ3n) is 3.49. The van der Waals surface area contributed by atoms with Crippen molar-refractivity contribution in [3.8, 4) is 5.75 Å². The fourth-order valence-corrected chi connectivity index (χ4v) is 2.18. The average Bonchev–Trinajstić information content (AvgIpc) is 2.40. The van der Waals surface area contributed by atoms with Gasteiger partial charge < -0.3 is 15.0 Å². The van der Waals surface area contributed by atoms with Gasteiger partial charge in [0, 0.05) is 6.54 Å². The van der Waals surface area contributed by atoms with E-state index in [0.717, 1.165) is 0 Å². The van der Waals surface area contributed by atoms with Gasteiger partial charge in [-0.1, -0.05) is 6.07 Å². The van der Waals surface area contributed by atoms with Crippen molar-refractivity contribution >= 4 is 11.8 Å². The van der Waals surface area contributed by atoms with Gasteiger partial charge in [-0.3, -0.25) is 9.59 Å². The molecule has 0 bridgehead atoms. The molecule has 1 saturated heterocycles. The number of benzene rings is 1. The van der Waals surface area contributed by atoms with Crippen LogP contribution in [0.25, 0.3) is 0 Å². The number of nitrogens with one attached hydrogen (secondary N) is 1. The fourth-order valence-electron chi connectivity index (χ4n) is 2.18. The standard InChI is InChI=1S/C14H17FN2O3/c1-14(2)13(19)16-7-12(18)17(14)8-9-4-5-11(20-3)10(15)6-9/h4-6H,7-8H2,1-3H3,(H,16,19). The van der Waals surface area contributed by atoms with Crippen LogP contribution in [0.5, 0.6) is 5.75 Å². The van der Waals surface area contributed by atoms with Crippen molar-refractivity contribution in [1.29, 1.82) is 0 Å². The summed E-state index contributed by atoms with van der Waals surface area (Å²) >= 11 is 0. The van der Waals surface area contributed by atoms with E-state index in [2.05, 4.69) is 5.32 Å². The quantitative estimate of drug-likeness (QED) is 0.901. The molecule has 2 amide bonds. The minimum atomic E-state index is -0.953. The number of hydrogen-bond acceptors (Lipinski definition) is 3. The molecule has 5 nitrogen and oxygen atoms in total. The van der Waals surface area contributed by atoms with Gasteiger partial charge in [0.05, 0.1) is 13.7 Å². The first-order valence-electron chi connectivity index (χ1n) is 6.27. The maximum absolute atomic E-state index is 13.7. The van der Waals surface area contributed by atoms with Crippen LogP contribution in [0.15, 0.2) is 18.2 Å². The molecule has 108 valence electrons. The average molecular weight is 280 g/mol. The monoisotopic (exact) mass is 280 g/mol. The lowest BCUT2D eigenvalue weighted by atomic mass is 9.97. The van der Waals surface area contributed by atoms with Crippen LogP contribution < -0.4 is 10.1 Å². The largest absolute Gasteiger partial charge is 0.494 e. The van der Waals surface area contributed by atoms with Gasteiger partial charge in [-0.25, -0.2) is 4.39 Å². The molecule has 20 heavy (non-hydrogen) atoms. The van der Waals surface area contributed by atoms with E-state index in [1.165, 1.54) is 24.1 Å². The van der Waals surface area contributed by atoms with Crippen LogP contribution in [0.2, 0.25) is 0 Å². The number of carbonyl (C=O) groups excluding carboxylic acids is 2. The van der Waals surface area contributed by atoms with E-state index in [1.54, 1.807) is 19.9 Å². The summed E-state index contributed by atoms with van der Waals surface area (Å²) in [6, 6.07) is 4.50. The Bertz CT molecular complexity index is 557. The molecular weight excluding hydrogens is 263 g/mol. The van der Waals surface area contributed by atoms with Crippen molar-refractivity contribution in [2.75, 3.05) is 13.7 Å². The Morgan fingerprint density at radius 2 is 2.10 bits per heavy atom. The second-order valence-corrected chi connectivity index (χ2v) is 5.19. The van der Waals surface area contributed by atoms with Gasteiger partial charge in [0.2, 0.25) is 11.8 Å². The lowest BCUT2D eigenvalue weighted by Crippen LogP contribution is -2.63.